The van der Waals surface area contributed by atoms with Gasteiger partial charge in [0.15, 0.2) is 17.5 Å². The Bertz CT molecular complexity index is 1520. The van der Waals surface area contributed by atoms with Crippen LogP contribution in [-0.2, 0) is 0 Å². The molecule has 0 spiro atoms. The Morgan fingerprint density at radius 3 is 1.21 bits per heavy atom. The van der Waals surface area contributed by atoms with Crippen molar-refractivity contribution < 1.29 is 0 Å². The first-order valence-electron chi connectivity index (χ1n) is 11.3. The molecule has 0 atom stereocenters. The number of fused-ring (bicyclic) bond motifs is 1. The summed E-state index contributed by atoms with van der Waals surface area (Å²) in [6, 6.07) is 43.4. The van der Waals surface area contributed by atoms with Gasteiger partial charge in [-0.2, -0.15) is 0 Å². The molecule has 6 rings (SSSR count). The summed E-state index contributed by atoms with van der Waals surface area (Å²) in [4.78, 5) is 14.8. The monoisotopic (exact) mass is 435 g/mol. The Labute approximate surface area is 198 Å². The average molecular weight is 436 g/mol. The quantitative estimate of drug-likeness (QED) is 0.285. The third-order valence-electron chi connectivity index (χ3n) is 5.91. The molecular formula is C31H21N3. The molecule has 0 radical (unpaired) electrons. The maximum atomic E-state index is 4.97. The fourth-order valence-electron chi connectivity index (χ4n) is 4.21. The lowest BCUT2D eigenvalue weighted by Crippen LogP contribution is -2.01. The van der Waals surface area contributed by atoms with Crippen LogP contribution in [-0.4, -0.2) is 15.0 Å². The Balaban J connectivity index is 1.65. The zero-order valence-corrected chi connectivity index (χ0v) is 18.5. The van der Waals surface area contributed by atoms with Crippen LogP contribution < -0.4 is 0 Å². The molecule has 6 aromatic rings. The van der Waals surface area contributed by atoms with E-state index in [0.29, 0.717) is 17.5 Å². The third kappa shape index (κ3) is 3.84. The van der Waals surface area contributed by atoms with Crippen molar-refractivity contribution in [3.63, 3.8) is 0 Å². The predicted molar refractivity (Wildman–Crippen MR) is 139 cm³/mol. The number of hydrogen-bond donors (Lipinski definition) is 0. The van der Waals surface area contributed by atoms with Crippen molar-refractivity contribution in [1.29, 1.82) is 0 Å². The van der Waals surface area contributed by atoms with Gasteiger partial charge in [-0.3, -0.25) is 0 Å². The average Bonchev–Trinajstić information content (AvgIpc) is 2.93. The van der Waals surface area contributed by atoms with Crippen LogP contribution in [0.4, 0.5) is 0 Å². The highest BCUT2D eigenvalue weighted by molar-refractivity contribution is 5.95. The molecule has 34 heavy (non-hydrogen) atoms. The van der Waals surface area contributed by atoms with Crippen molar-refractivity contribution >= 4 is 10.8 Å². The minimum Gasteiger partial charge on any atom is -0.208 e. The first kappa shape index (κ1) is 20.0. The third-order valence-corrected chi connectivity index (χ3v) is 5.91. The maximum absolute atomic E-state index is 4.97. The summed E-state index contributed by atoms with van der Waals surface area (Å²) >= 11 is 0. The van der Waals surface area contributed by atoms with E-state index in [1.807, 2.05) is 66.7 Å². The molecule has 0 saturated heterocycles. The predicted octanol–water partition coefficient (Wildman–Crippen LogP) is 7.69. The fraction of sp³-hybridized carbons (Fsp3) is 0. The van der Waals surface area contributed by atoms with Crippen molar-refractivity contribution in [1.82, 2.24) is 15.0 Å². The van der Waals surface area contributed by atoms with Gasteiger partial charge in [0.25, 0.3) is 0 Å². The van der Waals surface area contributed by atoms with Crippen molar-refractivity contribution in [3.05, 3.63) is 127 Å². The van der Waals surface area contributed by atoms with Gasteiger partial charge in [0.2, 0.25) is 0 Å². The summed E-state index contributed by atoms with van der Waals surface area (Å²) < 4.78 is 0. The zero-order chi connectivity index (χ0) is 22.7. The molecule has 0 bridgehead atoms. The van der Waals surface area contributed by atoms with E-state index >= 15 is 0 Å². The fourth-order valence-corrected chi connectivity index (χ4v) is 4.21. The van der Waals surface area contributed by atoms with Gasteiger partial charge in [0.05, 0.1) is 0 Å². The van der Waals surface area contributed by atoms with Crippen LogP contribution >= 0.6 is 0 Å². The van der Waals surface area contributed by atoms with E-state index in [4.69, 9.17) is 15.0 Å². The van der Waals surface area contributed by atoms with Gasteiger partial charge in [0, 0.05) is 16.7 Å². The summed E-state index contributed by atoms with van der Waals surface area (Å²) in [5.41, 5.74) is 5.15. The summed E-state index contributed by atoms with van der Waals surface area (Å²) in [6.45, 7) is 0. The highest BCUT2D eigenvalue weighted by Gasteiger charge is 2.16. The summed E-state index contributed by atoms with van der Waals surface area (Å²) in [6.07, 6.45) is 0. The van der Waals surface area contributed by atoms with Gasteiger partial charge in [-0.15, -0.1) is 0 Å². The topological polar surface area (TPSA) is 38.7 Å². The molecule has 3 nitrogen and oxygen atoms in total. The molecule has 1 aromatic heterocycles. The minimum atomic E-state index is 0.664. The second kappa shape index (κ2) is 8.72. The second-order valence-corrected chi connectivity index (χ2v) is 8.15. The van der Waals surface area contributed by atoms with E-state index in [2.05, 4.69) is 60.7 Å². The molecule has 3 heteroatoms. The number of rotatable bonds is 4. The van der Waals surface area contributed by atoms with Crippen LogP contribution in [0.15, 0.2) is 127 Å². The van der Waals surface area contributed by atoms with E-state index in [1.165, 1.54) is 5.39 Å². The van der Waals surface area contributed by atoms with Crippen molar-refractivity contribution in [2.75, 3.05) is 0 Å². The van der Waals surface area contributed by atoms with Crippen molar-refractivity contribution in [2.24, 2.45) is 0 Å². The molecule has 0 aliphatic heterocycles. The van der Waals surface area contributed by atoms with E-state index in [9.17, 15) is 0 Å². The summed E-state index contributed by atoms with van der Waals surface area (Å²) in [5, 5.41) is 2.34. The molecule has 0 N–H and O–H groups in total. The van der Waals surface area contributed by atoms with Crippen LogP contribution in [0.25, 0.3) is 56.1 Å². The first-order chi connectivity index (χ1) is 16.8. The van der Waals surface area contributed by atoms with Gasteiger partial charge >= 0.3 is 0 Å². The number of aromatic nitrogens is 3. The molecule has 0 amide bonds. The Morgan fingerprint density at radius 1 is 0.324 bits per heavy atom. The van der Waals surface area contributed by atoms with Gasteiger partial charge in [-0.25, -0.2) is 15.0 Å². The molecule has 0 fully saturated rings. The van der Waals surface area contributed by atoms with Crippen LogP contribution in [0.1, 0.15) is 0 Å². The van der Waals surface area contributed by atoms with E-state index in [-0.39, 0.29) is 0 Å². The minimum absolute atomic E-state index is 0.664. The SMILES string of the molecule is c1ccc(-c2nc(-c3ccccc3)nc(-c3cc4ccccc4cc3-c3ccccc3)n2)cc1. The second-order valence-electron chi connectivity index (χ2n) is 8.15. The Hall–Kier alpha value is -4.63. The number of hydrogen-bond acceptors (Lipinski definition) is 3. The summed E-state index contributed by atoms with van der Waals surface area (Å²) in [5.74, 6) is 1.99. The zero-order valence-electron chi connectivity index (χ0n) is 18.5. The highest BCUT2D eigenvalue weighted by Crippen LogP contribution is 2.35. The van der Waals surface area contributed by atoms with Gasteiger partial charge in [-0.1, -0.05) is 115 Å². The lowest BCUT2D eigenvalue weighted by atomic mass is 9.95. The molecule has 0 aliphatic carbocycles. The van der Waals surface area contributed by atoms with Crippen LogP contribution in [0.2, 0.25) is 0 Å². The Morgan fingerprint density at radius 2 is 0.706 bits per heavy atom. The van der Waals surface area contributed by atoms with Crippen LogP contribution in [0.5, 0.6) is 0 Å². The lowest BCUT2D eigenvalue weighted by Gasteiger charge is -2.13. The van der Waals surface area contributed by atoms with E-state index in [1.54, 1.807) is 0 Å². The summed E-state index contributed by atoms with van der Waals surface area (Å²) in [7, 11) is 0. The molecule has 160 valence electrons. The van der Waals surface area contributed by atoms with Crippen LogP contribution in [0.3, 0.4) is 0 Å². The number of benzene rings is 5. The molecular weight excluding hydrogens is 414 g/mol. The van der Waals surface area contributed by atoms with E-state index < -0.39 is 0 Å². The Kier molecular flexibility index (Phi) is 5.13. The van der Waals surface area contributed by atoms with Gasteiger partial charge < -0.3 is 0 Å². The lowest BCUT2D eigenvalue weighted by molar-refractivity contribution is 1.07. The number of nitrogens with zero attached hydrogens (tertiary/aromatic N) is 3. The molecule has 0 saturated carbocycles. The first-order valence-corrected chi connectivity index (χ1v) is 11.3. The molecule has 0 aliphatic rings. The normalized spacial score (nSPS) is 10.9. The molecule has 0 unspecified atom stereocenters. The smallest absolute Gasteiger partial charge is 0.164 e. The van der Waals surface area contributed by atoms with Gasteiger partial charge in [-0.05, 0) is 34.0 Å². The van der Waals surface area contributed by atoms with Crippen molar-refractivity contribution in [3.8, 4) is 45.3 Å². The molecule has 5 aromatic carbocycles. The van der Waals surface area contributed by atoms with E-state index in [0.717, 1.165) is 33.2 Å². The van der Waals surface area contributed by atoms with Gasteiger partial charge in [0.1, 0.15) is 0 Å². The highest BCUT2D eigenvalue weighted by atomic mass is 15.0. The molecule has 1 heterocycles. The maximum Gasteiger partial charge on any atom is 0.164 e. The largest absolute Gasteiger partial charge is 0.208 e. The van der Waals surface area contributed by atoms with Crippen molar-refractivity contribution in [2.45, 2.75) is 0 Å². The standard InChI is InChI=1S/C31H21N3/c1-4-12-22(13-5-1)27-20-25-18-10-11-19-26(25)21-28(27)31-33-29(23-14-6-2-7-15-23)32-30(34-31)24-16-8-3-9-17-24/h1-21H. The van der Waals surface area contributed by atoms with Crippen LogP contribution in [0, 0.1) is 0 Å².